The summed E-state index contributed by atoms with van der Waals surface area (Å²) >= 11 is 0. The highest BCUT2D eigenvalue weighted by Crippen LogP contribution is 2.28. The lowest BCUT2D eigenvalue weighted by Gasteiger charge is -2.26. The molecule has 0 fully saturated rings. The van der Waals surface area contributed by atoms with E-state index < -0.39 is 16.3 Å². The Bertz CT molecular complexity index is 824. The van der Waals surface area contributed by atoms with E-state index in [9.17, 15) is 12.8 Å². The van der Waals surface area contributed by atoms with Crippen molar-refractivity contribution in [1.29, 1.82) is 0 Å². The molecular formula is C16H17FN2O4S. The Hall–Kier alpha value is -2.19. The quantitative estimate of drug-likeness (QED) is 0.832. The predicted molar refractivity (Wildman–Crippen MR) is 86.9 cm³/mol. The minimum Gasteiger partial charge on any atom is -0.471 e. The van der Waals surface area contributed by atoms with E-state index in [1.54, 1.807) is 18.3 Å². The van der Waals surface area contributed by atoms with E-state index in [1.165, 1.54) is 19.1 Å². The van der Waals surface area contributed by atoms with Crippen molar-refractivity contribution in [3.8, 4) is 5.88 Å². The van der Waals surface area contributed by atoms with E-state index in [0.29, 0.717) is 18.0 Å². The highest BCUT2D eigenvalue weighted by atomic mass is 32.2. The smallest absolute Gasteiger partial charge is 0.269 e. The lowest BCUT2D eigenvalue weighted by Crippen LogP contribution is -2.36. The topological polar surface area (TPSA) is 77.5 Å². The molecule has 0 bridgehead atoms. The Morgan fingerprint density at radius 1 is 1.33 bits per heavy atom. The Kier molecular flexibility index (Phi) is 4.68. The number of rotatable bonds is 5. The molecule has 0 aliphatic carbocycles. The number of fused-ring (bicyclic) bond motifs is 1. The molecular weight excluding hydrogens is 335 g/mol. The highest BCUT2D eigenvalue weighted by Gasteiger charge is 2.25. The number of pyridine rings is 1. The Balaban J connectivity index is 1.74. The van der Waals surface area contributed by atoms with Crippen LogP contribution in [0, 0.1) is 5.82 Å². The molecule has 1 N–H and O–H groups in total. The molecule has 1 aromatic carbocycles. The van der Waals surface area contributed by atoms with Gasteiger partial charge in [-0.1, -0.05) is 12.1 Å². The summed E-state index contributed by atoms with van der Waals surface area (Å²) in [6.07, 6.45) is 1.46. The van der Waals surface area contributed by atoms with Gasteiger partial charge in [0.05, 0.1) is 11.4 Å². The summed E-state index contributed by atoms with van der Waals surface area (Å²) in [7, 11) is -3.58. The van der Waals surface area contributed by atoms with Gasteiger partial charge in [0, 0.05) is 6.20 Å². The van der Waals surface area contributed by atoms with E-state index in [4.69, 9.17) is 8.92 Å². The summed E-state index contributed by atoms with van der Waals surface area (Å²) in [4.78, 5) is 4.22. The molecule has 128 valence electrons. The zero-order chi connectivity index (χ0) is 17.2. The summed E-state index contributed by atoms with van der Waals surface area (Å²) < 4.78 is 46.5. The number of nitrogens with zero attached hydrogens (tertiary/aromatic N) is 1. The number of halogens is 1. The molecule has 1 aromatic heterocycles. The summed E-state index contributed by atoms with van der Waals surface area (Å²) in [5.74, 6) is 0.00191. The lowest BCUT2D eigenvalue weighted by atomic mass is 10.1. The predicted octanol–water partition coefficient (Wildman–Crippen LogP) is 2.31. The van der Waals surface area contributed by atoms with E-state index in [0.717, 1.165) is 11.1 Å². The first-order valence-electron chi connectivity index (χ1n) is 7.49. The van der Waals surface area contributed by atoms with E-state index >= 15 is 0 Å². The van der Waals surface area contributed by atoms with Gasteiger partial charge in [0.15, 0.2) is 6.23 Å². The van der Waals surface area contributed by atoms with Crippen molar-refractivity contribution in [3.05, 3.63) is 53.5 Å². The average Bonchev–Trinajstić information content (AvgIpc) is 2.56. The van der Waals surface area contributed by atoms with Crippen molar-refractivity contribution in [2.24, 2.45) is 0 Å². The van der Waals surface area contributed by atoms with Crippen molar-refractivity contribution >= 4 is 15.8 Å². The number of nitrogens with one attached hydrogen (secondary N) is 1. The standard InChI is InChI=1S/C16H17FN2O4S/c1-2-24(20,21)23-15-10-22-16-14(19-15)8-12(9-18-16)7-11-3-5-13(17)6-4-11/h3-6,8-9,15,19H,2,7,10H2,1H3/t15-/m1/s1. The van der Waals surface area contributed by atoms with Crippen LogP contribution in [0.25, 0.3) is 0 Å². The van der Waals surface area contributed by atoms with Gasteiger partial charge in [-0.05, 0) is 42.7 Å². The number of aromatic nitrogens is 1. The van der Waals surface area contributed by atoms with Gasteiger partial charge < -0.3 is 10.1 Å². The summed E-state index contributed by atoms with van der Waals surface area (Å²) in [5, 5.41) is 2.97. The molecule has 24 heavy (non-hydrogen) atoms. The van der Waals surface area contributed by atoms with Crippen molar-refractivity contribution in [1.82, 2.24) is 4.98 Å². The van der Waals surface area contributed by atoms with Crippen LogP contribution in [0.5, 0.6) is 5.88 Å². The fourth-order valence-corrected chi connectivity index (χ4v) is 2.91. The largest absolute Gasteiger partial charge is 0.471 e. The number of hydrogen-bond acceptors (Lipinski definition) is 6. The SMILES string of the molecule is CCS(=O)(=O)O[C@@H]1COc2ncc(Cc3ccc(F)cc3)cc2N1. The number of benzene rings is 1. The zero-order valence-electron chi connectivity index (χ0n) is 13.0. The van der Waals surface area contributed by atoms with Crippen LogP contribution in [-0.4, -0.2) is 32.0 Å². The number of hydrogen-bond donors (Lipinski definition) is 1. The van der Waals surface area contributed by atoms with E-state index in [1.807, 2.05) is 6.07 Å². The third kappa shape index (κ3) is 4.01. The fourth-order valence-electron chi connectivity index (χ4n) is 2.32. The van der Waals surface area contributed by atoms with Crippen LogP contribution in [-0.2, 0) is 20.7 Å². The van der Waals surface area contributed by atoms with Crippen LogP contribution in [0.1, 0.15) is 18.1 Å². The van der Waals surface area contributed by atoms with E-state index in [-0.39, 0.29) is 18.2 Å². The van der Waals surface area contributed by atoms with Gasteiger partial charge in [0.2, 0.25) is 5.88 Å². The van der Waals surface area contributed by atoms with Gasteiger partial charge in [-0.15, -0.1) is 0 Å². The summed E-state index contributed by atoms with van der Waals surface area (Å²) in [6.45, 7) is 1.56. The molecule has 3 rings (SSSR count). The van der Waals surface area contributed by atoms with Crippen molar-refractivity contribution in [2.75, 3.05) is 17.7 Å². The van der Waals surface area contributed by atoms with Gasteiger partial charge in [-0.2, -0.15) is 8.42 Å². The van der Waals surface area contributed by atoms with Crippen molar-refractivity contribution < 1.29 is 21.7 Å². The molecule has 1 aliphatic rings. The minimum atomic E-state index is -3.58. The van der Waals surface area contributed by atoms with Gasteiger partial charge >= 0.3 is 0 Å². The Morgan fingerprint density at radius 3 is 2.79 bits per heavy atom. The molecule has 0 saturated heterocycles. The molecule has 1 atom stereocenters. The van der Waals surface area contributed by atoms with Crippen LogP contribution in [0.3, 0.4) is 0 Å². The van der Waals surface area contributed by atoms with Crippen LogP contribution in [0.2, 0.25) is 0 Å². The fraction of sp³-hybridized carbons (Fsp3) is 0.312. The van der Waals surface area contributed by atoms with Gasteiger partial charge in [0.25, 0.3) is 10.1 Å². The molecule has 0 spiro atoms. The van der Waals surface area contributed by atoms with Crippen LogP contribution in [0.15, 0.2) is 36.5 Å². The van der Waals surface area contributed by atoms with Gasteiger partial charge in [-0.3, -0.25) is 0 Å². The second-order valence-corrected chi connectivity index (χ2v) is 7.27. The Labute approximate surface area is 139 Å². The van der Waals surface area contributed by atoms with Crippen LogP contribution in [0.4, 0.5) is 10.1 Å². The first-order valence-corrected chi connectivity index (χ1v) is 9.06. The molecule has 1 aliphatic heterocycles. The highest BCUT2D eigenvalue weighted by molar-refractivity contribution is 7.86. The molecule has 2 heterocycles. The maximum Gasteiger partial charge on any atom is 0.269 e. The maximum absolute atomic E-state index is 13.0. The van der Waals surface area contributed by atoms with Crippen LogP contribution < -0.4 is 10.1 Å². The molecule has 8 heteroatoms. The number of ether oxygens (including phenoxy) is 1. The second-order valence-electron chi connectivity index (χ2n) is 5.39. The monoisotopic (exact) mass is 352 g/mol. The van der Waals surface area contributed by atoms with Gasteiger partial charge in [0.1, 0.15) is 12.4 Å². The Morgan fingerprint density at radius 2 is 2.08 bits per heavy atom. The summed E-state index contributed by atoms with van der Waals surface area (Å²) in [5.41, 5.74) is 2.39. The first-order chi connectivity index (χ1) is 11.4. The molecule has 0 amide bonds. The summed E-state index contributed by atoms with van der Waals surface area (Å²) in [6, 6.07) is 8.04. The first kappa shape index (κ1) is 16.7. The molecule has 2 aromatic rings. The third-order valence-corrected chi connectivity index (χ3v) is 4.77. The second kappa shape index (κ2) is 6.74. The minimum absolute atomic E-state index is 0.0521. The molecule has 6 nitrogen and oxygen atoms in total. The van der Waals surface area contributed by atoms with E-state index in [2.05, 4.69) is 10.3 Å². The molecule has 0 unspecified atom stereocenters. The van der Waals surface area contributed by atoms with Crippen LogP contribution >= 0.6 is 0 Å². The number of anilines is 1. The third-order valence-electron chi connectivity index (χ3n) is 3.53. The zero-order valence-corrected chi connectivity index (χ0v) is 13.8. The normalized spacial score (nSPS) is 16.8. The van der Waals surface area contributed by atoms with Crippen molar-refractivity contribution in [3.63, 3.8) is 0 Å². The maximum atomic E-state index is 13.0. The molecule has 0 saturated carbocycles. The van der Waals surface area contributed by atoms with Crippen molar-refractivity contribution in [2.45, 2.75) is 19.6 Å². The molecule has 0 radical (unpaired) electrons. The lowest BCUT2D eigenvalue weighted by molar-refractivity contribution is 0.141. The van der Waals surface area contributed by atoms with Gasteiger partial charge in [-0.25, -0.2) is 13.6 Å². The average molecular weight is 352 g/mol.